The highest BCUT2D eigenvalue weighted by Crippen LogP contribution is 2.60. The van der Waals surface area contributed by atoms with Gasteiger partial charge in [-0.15, -0.1) is 0 Å². The van der Waals surface area contributed by atoms with Gasteiger partial charge in [0.2, 0.25) is 8.32 Å². The molecule has 0 saturated heterocycles. The largest absolute Gasteiger partial charge is 0.544 e. The zero-order valence-electron chi connectivity index (χ0n) is 14.9. The molecule has 3 aliphatic rings. The molecule has 120 valence electrons. The summed E-state index contributed by atoms with van der Waals surface area (Å²) < 4.78 is 6.50. The van der Waals surface area contributed by atoms with Crippen LogP contribution in [0.5, 0.6) is 5.75 Å². The van der Waals surface area contributed by atoms with E-state index in [9.17, 15) is 0 Å². The van der Waals surface area contributed by atoms with Crippen molar-refractivity contribution in [3.05, 3.63) is 52.2 Å². The van der Waals surface area contributed by atoms with E-state index in [4.69, 9.17) is 4.43 Å². The maximum Gasteiger partial charge on any atom is 0.242 e. The van der Waals surface area contributed by atoms with Crippen molar-refractivity contribution in [2.75, 3.05) is 0 Å². The van der Waals surface area contributed by atoms with Crippen molar-refractivity contribution in [1.29, 1.82) is 0 Å². The zero-order chi connectivity index (χ0) is 16.4. The molecule has 2 aliphatic carbocycles. The summed E-state index contributed by atoms with van der Waals surface area (Å²) in [6.45, 7) is 11.8. The highest BCUT2D eigenvalue weighted by Gasteiger charge is 2.55. The Bertz CT molecular complexity index is 793. The lowest BCUT2D eigenvalue weighted by Gasteiger charge is -2.26. The summed E-state index contributed by atoms with van der Waals surface area (Å²) in [5, 5.41) is 3.58. The Hall–Kier alpha value is -1.33. The first kappa shape index (κ1) is 15.2. The molecule has 1 aromatic rings. The summed E-state index contributed by atoms with van der Waals surface area (Å²) in [4.78, 5) is 0. The molecule has 1 aliphatic heterocycles. The lowest BCUT2D eigenvalue weighted by atomic mass is 9.95. The molecule has 0 saturated carbocycles. The smallest absolute Gasteiger partial charge is 0.242 e. The summed E-state index contributed by atoms with van der Waals surface area (Å²) in [6, 6.07) is 5.92. The number of allylic oxidation sites excluding steroid dienone is 5. The van der Waals surface area contributed by atoms with Gasteiger partial charge in [-0.1, -0.05) is 54.2 Å². The maximum atomic E-state index is 6.50. The van der Waals surface area contributed by atoms with Crippen LogP contribution < -0.4 is 4.43 Å². The van der Waals surface area contributed by atoms with Gasteiger partial charge in [-0.05, 0) is 55.2 Å². The van der Waals surface area contributed by atoms with Crippen LogP contribution >= 0.6 is 0 Å². The number of hydrogen-bond acceptors (Lipinski definition) is 1. The van der Waals surface area contributed by atoms with Crippen LogP contribution in [0.4, 0.5) is 0 Å². The van der Waals surface area contributed by atoms with Gasteiger partial charge in [-0.25, -0.2) is 0 Å². The third kappa shape index (κ3) is 2.24. The SMILES string of the molecule is CC[Si]1(C)C2=C1c1c(ccc(O[Si](C)(C)C)c1C1=CC=CC1)C2. The molecule has 0 N–H and O–H groups in total. The van der Waals surface area contributed by atoms with Crippen LogP contribution in [0.25, 0.3) is 10.8 Å². The molecule has 1 nitrogen and oxygen atoms in total. The molecular formula is C20H26OSi2. The standard InChI is InChI=1S/C20H26OSi2/c1-6-23(5)17-13-15-11-12-16(21-22(2,3)4)18(19(15)20(17)23)14-9-7-8-10-14/h7-9,11-12H,6,10,13H2,1-5H3. The predicted octanol–water partition coefficient (Wildman–Crippen LogP) is 5.74. The second-order valence-electron chi connectivity index (χ2n) is 8.23. The van der Waals surface area contributed by atoms with E-state index in [0.717, 1.165) is 12.2 Å². The van der Waals surface area contributed by atoms with E-state index in [1.807, 2.05) is 5.20 Å². The first-order chi connectivity index (χ1) is 10.8. The van der Waals surface area contributed by atoms with Gasteiger partial charge in [0.25, 0.3) is 0 Å². The quantitative estimate of drug-likeness (QED) is 0.636. The molecule has 0 radical (unpaired) electrons. The molecule has 1 atom stereocenters. The first-order valence-corrected chi connectivity index (χ1v) is 14.9. The molecule has 0 amide bonds. The van der Waals surface area contributed by atoms with E-state index in [1.165, 1.54) is 23.6 Å². The average Bonchev–Trinajstić information content (AvgIpc) is 2.93. The molecule has 1 heterocycles. The van der Waals surface area contributed by atoms with Crippen LogP contribution in [-0.2, 0) is 6.42 Å². The van der Waals surface area contributed by atoms with Crippen LogP contribution in [-0.4, -0.2) is 16.4 Å². The van der Waals surface area contributed by atoms with Gasteiger partial charge in [-0.3, -0.25) is 0 Å². The normalized spacial score (nSPS) is 24.7. The summed E-state index contributed by atoms with van der Waals surface area (Å²) in [7, 11) is -2.82. The van der Waals surface area contributed by atoms with Gasteiger partial charge >= 0.3 is 0 Å². The monoisotopic (exact) mass is 338 g/mol. The third-order valence-corrected chi connectivity index (χ3v) is 11.0. The fourth-order valence-electron chi connectivity index (χ4n) is 4.20. The Kier molecular flexibility index (Phi) is 3.20. The molecular weight excluding hydrogens is 312 g/mol. The van der Waals surface area contributed by atoms with Crippen molar-refractivity contribution < 1.29 is 4.43 Å². The fraction of sp³-hybridized carbons (Fsp3) is 0.400. The molecule has 23 heavy (non-hydrogen) atoms. The summed E-state index contributed by atoms with van der Waals surface area (Å²) >= 11 is 0. The zero-order valence-corrected chi connectivity index (χ0v) is 16.9. The molecule has 0 aromatic heterocycles. The highest BCUT2D eigenvalue weighted by molar-refractivity contribution is 7.14. The minimum absolute atomic E-state index is 1.05. The van der Waals surface area contributed by atoms with Crippen LogP contribution in [0, 0.1) is 0 Å². The topological polar surface area (TPSA) is 9.23 Å². The van der Waals surface area contributed by atoms with Crippen molar-refractivity contribution in [3.8, 4) is 5.75 Å². The van der Waals surface area contributed by atoms with Crippen LogP contribution in [0.2, 0.25) is 32.2 Å². The Morgan fingerprint density at radius 3 is 2.57 bits per heavy atom. The van der Waals surface area contributed by atoms with Gasteiger partial charge in [-0.2, -0.15) is 0 Å². The third-order valence-electron chi connectivity index (χ3n) is 5.54. The molecule has 1 aromatic carbocycles. The number of rotatable bonds is 4. The molecule has 4 rings (SSSR count). The van der Waals surface area contributed by atoms with E-state index >= 15 is 0 Å². The van der Waals surface area contributed by atoms with E-state index < -0.39 is 16.4 Å². The van der Waals surface area contributed by atoms with Crippen molar-refractivity contribution >= 4 is 27.2 Å². The number of benzene rings is 1. The lowest BCUT2D eigenvalue weighted by Crippen LogP contribution is -2.30. The Morgan fingerprint density at radius 2 is 1.96 bits per heavy atom. The summed E-state index contributed by atoms with van der Waals surface area (Å²) in [6.07, 6.45) is 9.01. The van der Waals surface area contributed by atoms with Gasteiger partial charge in [0.1, 0.15) is 13.8 Å². The van der Waals surface area contributed by atoms with Crippen molar-refractivity contribution in [3.63, 3.8) is 0 Å². The summed E-state index contributed by atoms with van der Waals surface area (Å²) in [5.74, 6) is 1.13. The molecule has 3 heteroatoms. The minimum atomic E-state index is -1.62. The van der Waals surface area contributed by atoms with E-state index in [0.29, 0.717) is 0 Å². The van der Waals surface area contributed by atoms with Crippen LogP contribution in [0.3, 0.4) is 0 Å². The molecule has 1 unspecified atom stereocenters. The first-order valence-electron chi connectivity index (χ1n) is 8.80. The Balaban J connectivity index is 1.87. The predicted molar refractivity (Wildman–Crippen MR) is 105 cm³/mol. The number of fused-ring (bicyclic) bond motifs is 2. The van der Waals surface area contributed by atoms with E-state index in [2.05, 4.69) is 63.5 Å². The average molecular weight is 339 g/mol. The van der Waals surface area contributed by atoms with Crippen molar-refractivity contribution in [1.82, 2.24) is 0 Å². The van der Waals surface area contributed by atoms with E-state index in [-0.39, 0.29) is 0 Å². The Morgan fingerprint density at radius 1 is 1.17 bits per heavy atom. The van der Waals surface area contributed by atoms with Gasteiger partial charge < -0.3 is 4.43 Å². The van der Waals surface area contributed by atoms with Crippen LogP contribution in [0.15, 0.2) is 35.6 Å². The molecule has 0 spiro atoms. The second kappa shape index (κ2) is 4.84. The van der Waals surface area contributed by atoms with Gasteiger partial charge in [0.15, 0.2) is 0 Å². The highest BCUT2D eigenvalue weighted by atomic mass is 28.4. The van der Waals surface area contributed by atoms with Crippen molar-refractivity contribution in [2.45, 2.75) is 52.0 Å². The van der Waals surface area contributed by atoms with Crippen molar-refractivity contribution in [2.24, 2.45) is 0 Å². The van der Waals surface area contributed by atoms with E-state index in [1.54, 1.807) is 16.3 Å². The minimum Gasteiger partial charge on any atom is -0.544 e. The molecule has 0 bridgehead atoms. The van der Waals surface area contributed by atoms with Gasteiger partial charge in [0, 0.05) is 5.56 Å². The van der Waals surface area contributed by atoms with Gasteiger partial charge in [0.05, 0.1) is 0 Å². The lowest BCUT2D eigenvalue weighted by molar-refractivity contribution is 0.555. The summed E-state index contributed by atoms with van der Waals surface area (Å²) in [5.41, 5.74) is 5.98. The number of hydrogen-bond donors (Lipinski definition) is 0. The maximum absolute atomic E-state index is 6.50. The Labute approximate surface area is 141 Å². The fourth-order valence-corrected chi connectivity index (χ4v) is 9.05. The molecule has 0 fully saturated rings. The van der Waals surface area contributed by atoms with Crippen LogP contribution in [0.1, 0.15) is 30.0 Å². The second-order valence-corrected chi connectivity index (χ2v) is 17.1.